The lowest BCUT2D eigenvalue weighted by molar-refractivity contribution is 0.0725. The van der Waals surface area contributed by atoms with Crippen molar-refractivity contribution < 1.29 is 18.8 Å². The van der Waals surface area contributed by atoms with Crippen molar-refractivity contribution in [1.82, 2.24) is 10.1 Å². The third-order valence-electron chi connectivity index (χ3n) is 5.15. The molecule has 1 saturated heterocycles. The number of hydrogen-bond donors (Lipinski definition) is 0. The maximum absolute atomic E-state index is 13.1. The van der Waals surface area contributed by atoms with Gasteiger partial charge in [-0.15, -0.1) is 0 Å². The third-order valence-corrected chi connectivity index (χ3v) is 5.41. The minimum Gasteiger partial charge on any atom is -0.454 e. The zero-order chi connectivity index (χ0) is 19.1. The highest BCUT2D eigenvalue weighted by molar-refractivity contribution is 6.30. The number of amides is 1. The highest BCUT2D eigenvalue weighted by atomic mass is 35.5. The summed E-state index contributed by atoms with van der Waals surface area (Å²) in [5, 5.41) is 4.70. The molecule has 0 unspecified atom stereocenters. The number of ether oxygens (including phenoxy) is 2. The van der Waals surface area contributed by atoms with Crippen LogP contribution in [0, 0.1) is 0 Å². The maximum Gasteiger partial charge on any atom is 0.276 e. The molecule has 0 N–H and O–H groups in total. The number of halogens is 1. The minimum atomic E-state index is -0.131. The van der Waals surface area contributed by atoms with Gasteiger partial charge in [0, 0.05) is 23.2 Å². The molecule has 0 spiro atoms. The van der Waals surface area contributed by atoms with Gasteiger partial charge in [-0.05, 0) is 48.7 Å². The van der Waals surface area contributed by atoms with E-state index in [0.29, 0.717) is 34.5 Å². The molecule has 7 heteroatoms. The van der Waals surface area contributed by atoms with E-state index in [1.165, 1.54) is 0 Å². The molecule has 2 aliphatic heterocycles. The molecule has 0 radical (unpaired) electrons. The molecule has 6 nitrogen and oxygen atoms in total. The summed E-state index contributed by atoms with van der Waals surface area (Å²) in [7, 11) is 0. The van der Waals surface area contributed by atoms with Crippen LogP contribution in [-0.4, -0.2) is 29.3 Å². The molecule has 1 aromatic heterocycles. The first-order chi connectivity index (χ1) is 13.7. The molecule has 0 bridgehead atoms. The fraction of sp³-hybridized carbons (Fsp3) is 0.238. The Hall–Kier alpha value is -2.99. The van der Waals surface area contributed by atoms with Gasteiger partial charge in [-0.2, -0.15) is 0 Å². The van der Waals surface area contributed by atoms with E-state index in [4.69, 9.17) is 25.6 Å². The lowest BCUT2D eigenvalue weighted by atomic mass is 10.0. The SMILES string of the molecule is O=C(c1cc(-c2ccc3c(c2)OCO3)on1)N1CCC[C@@H]1c1ccc(Cl)cc1. The van der Waals surface area contributed by atoms with E-state index in [9.17, 15) is 4.79 Å². The van der Waals surface area contributed by atoms with Gasteiger partial charge in [-0.25, -0.2) is 0 Å². The normalized spacial score (nSPS) is 17.9. The standard InChI is InChI=1S/C21H17ClN2O4/c22-15-6-3-13(4-7-15)17-2-1-9-24(17)21(25)16-11-19(28-23-16)14-5-8-18-20(10-14)27-12-26-18/h3-8,10-11,17H,1-2,9,12H2/t17-/m1/s1. The molecule has 0 saturated carbocycles. The summed E-state index contributed by atoms with van der Waals surface area (Å²) in [6.07, 6.45) is 1.87. The van der Waals surface area contributed by atoms with E-state index < -0.39 is 0 Å². The van der Waals surface area contributed by atoms with E-state index in [0.717, 1.165) is 24.0 Å². The van der Waals surface area contributed by atoms with E-state index >= 15 is 0 Å². The van der Waals surface area contributed by atoms with Gasteiger partial charge in [-0.3, -0.25) is 4.79 Å². The van der Waals surface area contributed by atoms with Crippen molar-refractivity contribution in [3.8, 4) is 22.8 Å². The second-order valence-corrected chi connectivity index (χ2v) is 7.29. The second-order valence-electron chi connectivity index (χ2n) is 6.85. The summed E-state index contributed by atoms with van der Waals surface area (Å²) in [6.45, 7) is 0.901. The molecule has 3 aromatic rings. The summed E-state index contributed by atoms with van der Waals surface area (Å²) in [5.74, 6) is 1.74. The molecule has 5 rings (SSSR count). The van der Waals surface area contributed by atoms with Crippen LogP contribution in [0.15, 0.2) is 53.1 Å². The first-order valence-corrected chi connectivity index (χ1v) is 9.50. The maximum atomic E-state index is 13.1. The topological polar surface area (TPSA) is 64.8 Å². The number of carbonyl (C=O) groups excluding carboxylic acids is 1. The van der Waals surface area contributed by atoms with Gasteiger partial charge < -0.3 is 18.9 Å². The van der Waals surface area contributed by atoms with Crippen molar-refractivity contribution >= 4 is 17.5 Å². The molecule has 142 valence electrons. The van der Waals surface area contributed by atoms with Gasteiger partial charge in [-0.1, -0.05) is 28.9 Å². The van der Waals surface area contributed by atoms with Crippen molar-refractivity contribution in [2.24, 2.45) is 0 Å². The average molecular weight is 397 g/mol. The zero-order valence-corrected chi connectivity index (χ0v) is 15.7. The first-order valence-electron chi connectivity index (χ1n) is 9.12. The molecule has 2 aliphatic rings. The zero-order valence-electron chi connectivity index (χ0n) is 14.9. The number of aromatic nitrogens is 1. The van der Waals surface area contributed by atoms with Gasteiger partial charge in [0.1, 0.15) is 0 Å². The largest absolute Gasteiger partial charge is 0.454 e. The number of carbonyl (C=O) groups is 1. The van der Waals surface area contributed by atoms with Crippen LogP contribution in [-0.2, 0) is 0 Å². The van der Waals surface area contributed by atoms with Crippen LogP contribution >= 0.6 is 11.6 Å². The molecule has 28 heavy (non-hydrogen) atoms. The van der Waals surface area contributed by atoms with Crippen molar-refractivity contribution in [3.05, 3.63) is 64.8 Å². The lowest BCUT2D eigenvalue weighted by Gasteiger charge is -2.24. The summed E-state index contributed by atoms with van der Waals surface area (Å²) in [6, 6.07) is 14.8. The van der Waals surface area contributed by atoms with Crippen LogP contribution in [0.3, 0.4) is 0 Å². The molecular weight excluding hydrogens is 380 g/mol. The van der Waals surface area contributed by atoms with Gasteiger partial charge in [0.2, 0.25) is 6.79 Å². The number of fused-ring (bicyclic) bond motifs is 1. The Labute approximate surface area is 166 Å². The molecule has 3 heterocycles. The molecule has 2 aromatic carbocycles. The fourth-order valence-electron chi connectivity index (χ4n) is 3.75. The van der Waals surface area contributed by atoms with E-state index in [-0.39, 0.29) is 18.7 Å². The Morgan fingerprint density at radius 2 is 1.89 bits per heavy atom. The number of benzene rings is 2. The van der Waals surface area contributed by atoms with Gasteiger partial charge in [0.05, 0.1) is 6.04 Å². The highest BCUT2D eigenvalue weighted by Gasteiger charge is 2.32. The monoisotopic (exact) mass is 396 g/mol. The number of likely N-dealkylation sites (tertiary alicyclic amines) is 1. The summed E-state index contributed by atoms with van der Waals surface area (Å²) in [4.78, 5) is 14.9. The van der Waals surface area contributed by atoms with Crippen molar-refractivity contribution in [3.63, 3.8) is 0 Å². The van der Waals surface area contributed by atoms with Crippen molar-refractivity contribution in [2.45, 2.75) is 18.9 Å². The predicted octanol–water partition coefficient (Wildman–Crippen LogP) is 4.70. The number of hydrogen-bond acceptors (Lipinski definition) is 5. The number of nitrogens with zero attached hydrogens (tertiary/aromatic N) is 2. The van der Waals surface area contributed by atoms with E-state index in [1.54, 1.807) is 6.07 Å². The Morgan fingerprint density at radius 3 is 2.75 bits per heavy atom. The molecule has 0 aliphatic carbocycles. The van der Waals surface area contributed by atoms with Crippen LogP contribution in [0.5, 0.6) is 11.5 Å². The fourth-order valence-corrected chi connectivity index (χ4v) is 3.88. The molecule has 1 atom stereocenters. The second kappa shape index (κ2) is 6.87. The molecular formula is C21H17ClN2O4. The molecule has 1 fully saturated rings. The van der Waals surface area contributed by atoms with Gasteiger partial charge >= 0.3 is 0 Å². The quantitative estimate of drug-likeness (QED) is 0.642. The Kier molecular flexibility index (Phi) is 4.20. The van der Waals surface area contributed by atoms with Gasteiger partial charge in [0.25, 0.3) is 5.91 Å². The van der Waals surface area contributed by atoms with Crippen molar-refractivity contribution in [1.29, 1.82) is 0 Å². The first kappa shape index (κ1) is 17.1. The average Bonchev–Trinajstić information content (AvgIpc) is 3.47. The van der Waals surface area contributed by atoms with Crippen LogP contribution in [0.2, 0.25) is 5.02 Å². The smallest absolute Gasteiger partial charge is 0.276 e. The molecule has 1 amide bonds. The third kappa shape index (κ3) is 2.99. The summed E-state index contributed by atoms with van der Waals surface area (Å²) in [5.41, 5.74) is 2.16. The Balaban J connectivity index is 1.39. The summed E-state index contributed by atoms with van der Waals surface area (Å²) >= 11 is 5.99. The Bertz CT molecular complexity index is 1030. The van der Waals surface area contributed by atoms with Crippen LogP contribution in [0.4, 0.5) is 0 Å². The Morgan fingerprint density at radius 1 is 1.07 bits per heavy atom. The van der Waals surface area contributed by atoms with Crippen LogP contribution in [0.1, 0.15) is 34.9 Å². The van der Waals surface area contributed by atoms with E-state index in [1.807, 2.05) is 47.4 Å². The summed E-state index contributed by atoms with van der Waals surface area (Å²) < 4.78 is 16.2. The van der Waals surface area contributed by atoms with Crippen LogP contribution in [0.25, 0.3) is 11.3 Å². The minimum absolute atomic E-state index is 0.0236. The van der Waals surface area contributed by atoms with Crippen molar-refractivity contribution in [2.75, 3.05) is 13.3 Å². The predicted molar refractivity (Wildman–Crippen MR) is 103 cm³/mol. The number of rotatable bonds is 3. The lowest BCUT2D eigenvalue weighted by Crippen LogP contribution is -2.30. The van der Waals surface area contributed by atoms with E-state index in [2.05, 4.69) is 5.16 Å². The van der Waals surface area contributed by atoms with Gasteiger partial charge in [0.15, 0.2) is 23.0 Å². The highest BCUT2D eigenvalue weighted by Crippen LogP contribution is 2.37. The van der Waals surface area contributed by atoms with Crippen LogP contribution < -0.4 is 9.47 Å².